The van der Waals surface area contributed by atoms with Gasteiger partial charge in [-0.25, -0.2) is 4.98 Å². The van der Waals surface area contributed by atoms with Gasteiger partial charge in [-0.05, 0) is 18.8 Å². The van der Waals surface area contributed by atoms with Crippen molar-refractivity contribution in [3.63, 3.8) is 0 Å². The zero-order valence-electron chi connectivity index (χ0n) is 8.53. The van der Waals surface area contributed by atoms with Crippen LogP contribution in [0.1, 0.15) is 26.7 Å². The van der Waals surface area contributed by atoms with Gasteiger partial charge in [-0.3, -0.25) is 9.36 Å². The highest BCUT2D eigenvalue weighted by atomic mass is 35.5. The Balaban J connectivity index is 2.55. The summed E-state index contributed by atoms with van der Waals surface area (Å²) in [5.41, 5.74) is -0.0752. The van der Waals surface area contributed by atoms with Gasteiger partial charge in [0.25, 0.3) is 5.56 Å². The molecule has 1 heterocycles. The molecule has 1 aromatic heterocycles. The maximum atomic E-state index is 11.4. The van der Waals surface area contributed by atoms with E-state index in [-0.39, 0.29) is 10.7 Å². The Bertz CT molecular complexity index is 346. The molecule has 0 fully saturated rings. The van der Waals surface area contributed by atoms with Crippen LogP contribution in [-0.2, 0) is 6.54 Å². The molecule has 0 saturated heterocycles. The maximum absolute atomic E-state index is 11.4. The maximum Gasteiger partial charge on any atom is 0.254 e. The summed E-state index contributed by atoms with van der Waals surface area (Å²) in [6.07, 6.45) is 3.63. The molecule has 0 amide bonds. The van der Waals surface area contributed by atoms with Gasteiger partial charge in [0.05, 0.1) is 6.33 Å². The highest BCUT2D eigenvalue weighted by Gasteiger charge is 1.99. The highest BCUT2D eigenvalue weighted by Crippen LogP contribution is 2.04. The number of hydrogen-bond acceptors (Lipinski definition) is 2. The average molecular weight is 215 g/mol. The van der Waals surface area contributed by atoms with Crippen molar-refractivity contribution in [2.75, 3.05) is 0 Å². The van der Waals surface area contributed by atoms with E-state index in [1.807, 2.05) is 0 Å². The fraction of sp³-hybridized carbons (Fsp3) is 0.600. The molecule has 0 aliphatic carbocycles. The van der Waals surface area contributed by atoms with E-state index in [4.69, 9.17) is 11.6 Å². The number of aromatic nitrogens is 2. The van der Waals surface area contributed by atoms with Crippen molar-refractivity contribution < 1.29 is 0 Å². The van der Waals surface area contributed by atoms with Gasteiger partial charge in [-0.15, -0.1) is 0 Å². The Kier molecular flexibility index (Phi) is 4.14. The minimum atomic E-state index is -0.0752. The van der Waals surface area contributed by atoms with Crippen LogP contribution in [0.4, 0.5) is 0 Å². The quantitative estimate of drug-likeness (QED) is 0.722. The number of nitrogens with zero attached hydrogens (tertiary/aromatic N) is 2. The summed E-state index contributed by atoms with van der Waals surface area (Å²) in [4.78, 5) is 15.2. The zero-order valence-corrected chi connectivity index (χ0v) is 9.29. The third-order valence-corrected chi connectivity index (χ3v) is 2.23. The lowest BCUT2D eigenvalue weighted by Crippen LogP contribution is -2.19. The van der Waals surface area contributed by atoms with Gasteiger partial charge >= 0.3 is 0 Å². The molecule has 0 N–H and O–H groups in total. The Hall–Kier alpha value is -0.830. The summed E-state index contributed by atoms with van der Waals surface area (Å²) in [6, 6.07) is 1.34. The Morgan fingerprint density at radius 1 is 1.57 bits per heavy atom. The van der Waals surface area contributed by atoms with E-state index in [2.05, 4.69) is 18.8 Å². The van der Waals surface area contributed by atoms with Crippen LogP contribution in [0.2, 0.25) is 5.15 Å². The lowest BCUT2D eigenvalue weighted by molar-refractivity contribution is 0.503. The first-order valence-electron chi connectivity index (χ1n) is 4.81. The van der Waals surface area contributed by atoms with Gasteiger partial charge in [-0.2, -0.15) is 0 Å². The minimum absolute atomic E-state index is 0.0752. The predicted molar refractivity (Wildman–Crippen MR) is 57.6 cm³/mol. The van der Waals surface area contributed by atoms with Crippen LogP contribution in [-0.4, -0.2) is 9.55 Å². The largest absolute Gasteiger partial charge is 0.299 e. The smallest absolute Gasteiger partial charge is 0.254 e. The molecule has 0 spiro atoms. The van der Waals surface area contributed by atoms with Crippen molar-refractivity contribution in [3.8, 4) is 0 Å². The Labute approximate surface area is 88.7 Å². The molecule has 0 unspecified atom stereocenters. The molecule has 0 radical (unpaired) electrons. The summed E-state index contributed by atoms with van der Waals surface area (Å²) in [7, 11) is 0. The van der Waals surface area contributed by atoms with E-state index in [9.17, 15) is 4.79 Å². The SMILES string of the molecule is CC(C)CCCn1cnc(Cl)cc1=O. The van der Waals surface area contributed by atoms with Crippen LogP contribution in [0, 0.1) is 5.92 Å². The molecule has 0 aliphatic rings. The van der Waals surface area contributed by atoms with Crippen LogP contribution < -0.4 is 5.56 Å². The lowest BCUT2D eigenvalue weighted by Gasteiger charge is -2.06. The van der Waals surface area contributed by atoms with Gasteiger partial charge in [0.2, 0.25) is 0 Å². The molecule has 0 bridgehead atoms. The summed E-state index contributed by atoms with van der Waals surface area (Å²) in [5, 5.41) is 0.259. The molecule has 14 heavy (non-hydrogen) atoms. The first kappa shape index (κ1) is 11.2. The molecule has 0 aliphatic heterocycles. The molecule has 4 heteroatoms. The zero-order chi connectivity index (χ0) is 10.6. The third kappa shape index (κ3) is 3.50. The number of rotatable bonds is 4. The van der Waals surface area contributed by atoms with Crippen molar-refractivity contribution >= 4 is 11.6 Å². The van der Waals surface area contributed by atoms with Crippen molar-refractivity contribution in [1.82, 2.24) is 9.55 Å². The van der Waals surface area contributed by atoms with E-state index >= 15 is 0 Å². The van der Waals surface area contributed by atoms with E-state index < -0.39 is 0 Å². The first-order valence-corrected chi connectivity index (χ1v) is 5.19. The number of halogens is 1. The summed E-state index contributed by atoms with van der Waals surface area (Å²) in [6.45, 7) is 5.06. The Morgan fingerprint density at radius 3 is 2.86 bits per heavy atom. The minimum Gasteiger partial charge on any atom is -0.299 e. The lowest BCUT2D eigenvalue weighted by atomic mass is 10.1. The van der Waals surface area contributed by atoms with Crippen molar-refractivity contribution in [2.24, 2.45) is 5.92 Å². The molecule has 78 valence electrons. The Morgan fingerprint density at radius 2 is 2.29 bits per heavy atom. The highest BCUT2D eigenvalue weighted by molar-refractivity contribution is 6.29. The molecule has 1 aromatic rings. The van der Waals surface area contributed by atoms with E-state index in [0.717, 1.165) is 19.4 Å². The van der Waals surface area contributed by atoms with Crippen molar-refractivity contribution in [2.45, 2.75) is 33.2 Å². The van der Waals surface area contributed by atoms with Crippen LogP contribution >= 0.6 is 11.6 Å². The van der Waals surface area contributed by atoms with Crippen LogP contribution in [0.25, 0.3) is 0 Å². The standard InChI is InChI=1S/C10H15ClN2O/c1-8(2)4-3-5-13-7-12-9(11)6-10(13)14/h6-8H,3-5H2,1-2H3. The van der Waals surface area contributed by atoms with Gasteiger partial charge in [0.15, 0.2) is 0 Å². The molecule has 0 aromatic carbocycles. The molecule has 0 saturated carbocycles. The van der Waals surface area contributed by atoms with E-state index in [0.29, 0.717) is 5.92 Å². The van der Waals surface area contributed by atoms with Gasteiger partial charge in [0, 0.05) is 12.6 Å². The molecular formula is C10H15ClN2O. The second-order valence-corrected chi connectivity index (χ2v) is 4.17. The predicted octanol–water partition coefficient (Wildman–Crippen LogP) is 2.33. The van der Waals surface area contributed by atoms with Crippen LogP contribution in [0.15, 0.2) is 17.2 Å². The topological polar surface area (TPSA) is 34.9 Å². The third-order valence-electron chi connectivity index (χ3n) is 2.03. The monoisotopic (exact) mass is 214 g/mol. The van der Waals surface area contributed by atoms with Gasteiger partial charge in [-0.1, -0.05) is 25.4 Å². The molecular weight excluding hydrogens is 200 g/mol. The van der Waals surface area contributed by atoms with Gasteiger partial charge in [0.1, 0.15) is 5.15 Å². The summed E-state index contributed by atoms with van der Waals surface area (Å²) < 4.78 is 1.59. The molecule has 1 rings (SSSR count). The second kappa shape index (κ2) is 5.15. The second-order valence-electron chi connectivity index (χ2n) is 3.78. The average Bonchev–Trinajstić information content (AvgIpc) is 2.08. The van der Waals surface area contributed by atoms with E-state index in [1.165, 1.54) is 12.4 Å². The van der Waals surface area contributed by atoms with Crippen LogP contribution in [0.5, 0.6) is 0 Å². The first-order chi connectivity index (χ1) is 6.59. The normalized spacial score (nSPS) is 10.9. The van der Waals surface area contributed by atoms with E-state index in [1.54, 1.807) is 4.57 Å². The number of aryl methyl sites for hydroxylation is 1. The van der Waals surface area contributed by atoms with Gasteiger partial charge < -0.3 is 0 Å². The van der Waals surface area contributed by atoms with Crippen molar-refractivity contribution in [1.29, 1.82) is 0 Å². The van der Waals surface area contributed by atoms with Crippen molar-refractivity contribution in [3.05, 3.63) is 27.9 Å². The van der Waals surface area contributed by atoms with Crippen LogP contribution in [0.3, 0.4) is 0 Å². The molecule has 0 atom stereocenters. The molecule has 3 nitrogen and oxygen atoms in total. The fourth-order valence-corrected chi connectivity index (χ4v) is 1.38. The fourth-order valence-electron chi connectivity index (χ4n) is 1.24. The number of hydrogen-bond donors (Lipinski definition) is 0. The summed E-state index contributed by atoms with van der Waals surface area (Å²) >= 11 is 5.58. The summed E-state index contributed by atoms with van der Waals surface area (Å²) in [5.74, 6) is 0.672.